The molecule has 0 saturated carbocycles. The van der Waals surface area contributed by atoms with Crippen LogP contribution in [0, 0.1) is 0 Å². The SMILES string of the molecule is CCc1ccc(-c2nc(COc3ccc(C=O)cc3OC)cs2)cc1. The molecule has 0 aliphatic heterocycles. The van der Waals surface area contributed by atoms with Gasteiger partial charge in [-0.1, -0.05) is 31.2 Å². The minimum atomic E-state index is 0.348. The molecule has 0 saturated heterocycles. The molecule has 128 valence electrons. The highest BCUT2D eigenvalue weighted by Gasteiger charge is 2.09. The van der Waals surface area contributed by atoms with Crippen LogP contribution in [0.5, 0.6) is 11.5 Å². The van der Waals surface area contributed by atoms with Gasteiger partial charge in [0.15, 0.2) is 11.5 Å². The van der Waals surface area contributed by atoms with Gasteiger partial charge in [0.25, 0.3) is 0 Å². The van der Waals surface area contributed by atoms with Gasteiger partial charge in [-0.25, -0.2) is 4.98 Å². The molecule has 0 aliphatic rings. The van der Waals surface area contributed by atoms with Crippen LogP contribution in [0.3, 0.4) is 0 Å². The summed E-state index contributed by atoms with van der Waals surface area (Å²) < 4.78 is 11.1. The Morgan fingerprint density at radius 3 is 2.60 bits per heavy atom. The van der Waals surface area contributed by atoms with E-state index in [0.29, 0.717) is 23.7 Å². The van der Waals surface area contributed by atoms with Gasteiger partial charge in [0.1, 0.15) is 17.9 Å². The summed E-state index contributed by atoms with van der Waals surface area (Å²) in [6, 6.07) is 13.6. The maximum absolute atomic E-state index is 10.8. The highest BCUT2D eigenvalue weighted by Crippen LogP contribution is 2.29. The van der Waals surface area contributed by atoms with E-state index in [-0.39, 0.29) is 0 Å². The average Bonchev–Trinajstić information content (AvgIpc) is 3.15. The monoisotopic (exact) mass is 353 g/mol. The number of hydrogen-bond donors (Lipinski definition) is 0. The second kappa shape index (κ2) is 7.94. The fraction of sp³-hybridized carbons (Fsp3) is 0.200. The van der Waals surface area contributed by atoms with E-state index in [0.717, 1.165) is 29.0 Å². The molecule has 0 spiro atoms. The number of methoxy groups -OCH3 is 1. The molecular formula is C20H19NO3S. The van der Waals surface area contributed by atoms with Crippen LogP contribution in [0.25, 0.3) is 10.6 Å². The molecule has 0 fully saturated rings. The molecule has 4 nitrogen and oxygen atoms in total. The minimum Gasteiger partial charge on any atom is -0.493 e. The maximum Gasteiger partial charge on any atom is 0.161 e. The Labute approximate surface area is 151 Å². The van der Waals surface area contributed by atoms with E-state index in [1.807, 2.05) is 5.38 Å². The molecule has 3 aromatic rings. The summed E-state index contributed by atoms with van der Waals surface area (Å²) in [5.41, 5.74) is 3.84. The van der Waals surface area contributed by atoms with E-state index in [2.05, 4.69) is 36.2 Å². The number of benzene rings is 2. The highest BCUT2D eigenvalue weighted by atomic mass is 32.1. The Kier molecular flexibility index (Phi) is 5.46. The van der Waals surface area contributed by atoms with Crippen LogP contribution in [-0.4, -0.2) is 18.4 Å². The molecule has 2 aromatic carbocycles. The molecule has 0 bridgehead atoms. The Hall–Kier alpha value is -2.66. The molecule has 1 heterocycles. The van der Waals surface area contributed by atoms with Crippen molar-refractivity contribution in [3.8, 4) is 22.1 Å². The van der Waals surface area contributed by atoms with Crippen LogP contribution < -0.4 is 9.47 Å². The van der Waals surface area contributed by atoms with Crippen molar-refractivity contribution in [3.63, 3.8) is 0 Å². The minimum absolute atomic E-state index is 0.348. The lowest BCUT2D eigenvalue weighted by molar-refractivity contribution is 0.112. The molecule has 0 amide bonds. The highest BCUT2D eigenvalue weighted by molar-refractivity contribution is 7.13. The fourth-order valence-electron chi connectivity index (χ4n) is 2.42. The smallest absolute Gasteiger partial charge is 0.161 e. The van der Waals surface area contributed by atoms with Crippen LogP contribution in [0.4, 0.5) is 0 Å². The van der Waals surface area contributed by atoms with E-state index in [4.69, 9.17) is 9.47 Å². The topological polar surface area (TPSA) is 48.4 Å². The van der Waals surface area contributed by atoms with Crippen molar-refractivity contribution in [1.82, 2.24) is 4.98 Å². The van der Waals surface area contributed by atoms with Crippen LogP contribution in [0.2, 0.25) is 0 Å². The molecule has 3 rings (SSSR count). The molecule has 0 N–H and O–H groups in total. The molecule has 5 heteroatoms. The van der Waals surface area contributed by atoms with E-state index in [1.54, 1.807) is 36.6 Å². The zero-order chi connectivity index (χ0) is 17.6. The van der Waals surface area contributed by atoms with Gasteiger partial charge in [-0.3, -0.25) is 4.79 Å². The summed E-state index contributed by atoms with van der Waals surface area (Å²) >= 11 is 1.60. The summed E-state index contributed by atoms with van der Waals surface area (Å²) in [5.74, 6) is 1.13. The van der Waals surface area contributed by atoms with Crippen LogP contribution in [0.15, 0.2) is 47.8 Å². The summed E-state index contributed by atoms with van der Waals surface area (Å²) in [7, 11) is 1.55. The fourth-order valence-corrected chi connectivity index (χ4v) is 3.23. The molecule has 25 heavy (non-hydrogen) atoms. The van der Waals surface area contributed by atoms with E-state index < -0.39 is 0 Å². The third kappa shape index (κ3) is 4.06. The third-order valence-electron chi connectivity index (χ3n) is 3.86. The van der Waals surface area contributed by atoms with Gasteiger partial charge in [-0.2, -0.15) is 0 Å². The van der Waals surface area contributed by atoms with Gasteiger partial charge in [-0.05, 0) is 30.2 Å². The van der Waals surface area contributed by atoms with E-state index in [1.165, 1.54) is 5.56 Å². The normalized spacial score (nSPS) is 10.5. The zero-order valence-corrected chi connectivity index (χ0v) is 15.0. The first-order valence-electron chi connectivity index (χ1n) is 8.03. The lowest BCUT2D eigenvalue weighted by Crippen LogP contribution is -1.98. The Morgan fingerprint density at radius 2 is 1.92 bits per heavy atom. The van der Waals surface area contributed by atoms with E-state index >= 15 is 0 Å². The van der Waals surface area contributed by atoms with Crippen molar-refractivity contribution in [2.45, 2.75) is 20.0 Å². The number of aldehydes is 1. The number of rotatable bonds is 7. The Bertz CT molecular complexity index is 856. The van der Waals surface area contributed by atoms with Gasteiger partial charge in [-0.15, -0.1) is 11.3 Å². The Balaban J connectivity index is 1.70. The molecule has 0 aliphatic carbocycles. The average molecular weight is 353 g/mol. The number of carbonyl (C=O) groups is 1. The van der Waals surface area contributed by atoms with Crippen molar-refractivity contribution >= 4 is 17.6 Å². The molecular weight excluding hydrogens is 334 g/mol. The Morgan fingerprint density at radius 1 is 1.12 bits per heavy atom. The van der Waals surface area contributed by atoms with Gasteiger partial charge in [0.05, 0.1) is 12.8 Å². The van der Waals surface area contributed by atoms with Crippen LogP contribution in [-0.2, 0) is 13.0 Å². The largest absolute Gasteiger partial charge is 0.493 e. The first kappa shape index (κ1) is 17.2. The van der Waals surface area contributed by atoms with Gasteiger partial charge < -0.3 is 9.47 Å². The zero-order valence-electron chi connectivity index (χ0n) is 14.2. The molecule has 0 radical (unpaired) electrons. The first-order chi connectivity index (χ1) is 12.2. The van der Waals surface area contributed by atoms with Crippen LogP contribution in [0.1, 0.15) is 28.5 Å². The lowest BCUT2D eigenvalue weighted by atomic mass is 10.1. The summed E-state index contributed by atoms with van der Waals surface area (Å²) in [4.78, 5) is 15.5. The lowest BCUT2D eigenvalue weighted by Gasteiger charge is -2.09. The van der Waals surface area contributed by atoms with Gasteiger partial charge >= 0.3 is 0 Å². The van der Waals surface area contributed by atoms with Crippen molar-refractivity contribution in [3.05, 3.63) is 64.7 Å². The van der Waals surface area contributed by atoms with Crippen molar-refractivity contribution in [1.29, 1.82) is 0 Å². The number of aryl methyl sites for hydroxylation is 1. The quantitative estimate of drug-likeness (QED) is 0.574. The number of nitrogens with zero attached hydrogens (tertiary/aromatic N) is 1. The molecule has 0 unspecified atom stereocenters. The predicted octanol–water partition coefficient (Wildman–Crippen LogP) is 4.77. The predicted molar refractivity (Wildman–Crippen MR) is 99.6 cm³/mol. The van der Waals surface area contributed by atoms with Crippen LogP contribution >= 0.6 is 11.3 Å². The van der Waals surface area contributed by atoms with Gasteiger partial charge in [0, 0.05) is 16.5 Å². The number of thiazole rings is 1. The van der Waals surface area contributed by atoms with Crippen molar-refractivity contribution in [2.75, 3.05) is 7.11 Å². The second-order valence-electron chi connectivity index (χ2n) is 5.51. The second-order valence-corrected chi connectivity index (χ2v) is 6.37. The summed E-state index contributed by atoms with van der Waals surface area (Å²) in [6.45, 7) is 2.49. The summed E-state index contributed by atoms with van der Waals surface area (Å²) in [6.07, 6.45) is 1.81. The van der Waals surface area contributed by atoms with Gasteiger partial charge in [0.2, 0.25) is 0 Å². The first-order valence-corrected chi connectivity index (χ1v) is 8.91. The number of carbonyl (C=O) groups excluding carboxylic acids is 1. The number of hydrogen-bond acceptors (Lipinski definition) is 5. The number of ether oxygens (including phenoxy) is 2. The third-order valence-corrected chi connectivity index (χ3v) is 4.80. The van der Waals surface area contributed by atoms with Crippen molar-refractivity contribution < 1.29 is 14.3 Å². The van der Waals surface area contributed by atoms with E-state index in [9.17, 15) is 4.79 Å². The maximum atomic E-state index is 10.8. The molecule has 0 atom stereocenters. The van der Waals surface area contributed by atoms with Crippen molar-refractivity contribution in [2.24, 2.45) is 0 Å². The number of aromatic nitrogens is 1. The molecule has 1 aromatic heterocycles. The standard InChI is InChI=1S/C20H19NO3S/c1-3-14-4-7-16(8-5-14)20-21-17(13-25-20)12-24-18-9-6-15(11-22)10-19(18)23-2/h4-11,13H,3,12H2,1-2H3. The summed E-state index contributed by atoms with van der Waals surface area (Å²) in [5, 5.41) is 2.97.